The molecule has 0 fully saturated rings. The molecule has 1 aromatic carbocycles. The van der Waals surface area contributed by atoms with Crippen LogP contribution in [-0.4, -0.2) is 15.5 Å². The third-order valence-electron chi connectivity index (χ3n) is 4.01. The Bertz CT molecular complexity index is 764. The van der Waals surface area contributed by atoms with Crippen LogP contribution in [0.1, 0.15) is 48.6 Å². The fraction of sp³-hybridized carbons (Fsp3) is 0.412. The van der Waals surface area contributed by atoms with E-state index in [1.165, 1.54) is 7.05 Å². The van der Waals surface area contributed by atoms with Crippen LogP contribution in [0.4, 0.5) is 0 Å². The topological polar surface area (TPSA) is 71.3 Å². The average Bonchev–Trinajstić information content (AvgIpc) is 2.86. The van der Waals surface area contributed by atoms with E-state index in [2.05, 4.69) is 23.9 Å². The van der Waals surface area contributed by atoms with Gasteiger partial charge in [-0.15, -0.1) is 0 Å². The number of sulfonamides is 1. The summed E-state index contributed by atoms with van der Waals surface area (Å²) in [4.78, 5) is 0.269. The molecule has 0 aliphatic rings. The van der Waals surface area contributed by atoms with Crippen molar-refractivity contribution >= 4 is 10.0 Å². The van der Waals surface area contributed by atoms with Gasteiger partial charge in [0.05, 0.1) is 4.90 Å². The molecule has 2 rings (SSSR count). The summed E-state index contributed by atoms with van der Waals surface area (Å²) in [6.45, 7) is 8.05. The Morgan fingerprint density at radius 1 is 1.04 bits per heavy atom. The van der Waals surface area contributed by atoms with Crippen LogP contribution in [0, 0.1) is 13.8 Å². The summed E-state index contributed by atoms with van der Waals surface area (Å²) < 4.78 is 31.4. The molecule has 5 nitrogen and oxygen atoms in total. The highest BCUT2D eigenvalue weighted by molar-refractivity contribution is 7.89. The first kappa shape index (κ1) is 17.7. The minimum absolute atomic E-state index is 0.0888. The smallest absolute Gasteiger partial charge is 0.240 e. The summed E-state index contributed by atoms with van der Waals surface area (Å²) in [5.74, 6) is 1.82. The molecular formula is C17H24N2O3S. The van der Waals surface area contributed by atoms with Gasteiger partial charge < -0.3 is 9.73 Å². The fourth-order valence-electron chi connectivity index (χ4n) is 2.69. The van der Waals surface area contributed by atoms with E-state index in [1.807, 2.05) is 32.0 Å². The quantitative estimate of drug-likeness (QED) is 0.850. The summed E-state index contributed by atoms with van der Waals surface area (Å²) in [6, 6.07) is 9.19. The van der Waals surface area contributed by atoms with E-state index in [0.717, 1.165) is 22.6 Å². The van der Waals surface area contributed by atoms with Crippen molar-refractivity contribution in [3.05, 3.63) is 53.0 Å². The molecule has 2 aromatic rings. The van der Waals surface area contributed by atoms with Crippen LogP contribution < -0.4 is 10.0 Å². The zero-order valence-corrected chi connectivity index (χ0v) is 15.0. The molecule has 0 aliphatic heterocycles. The van der Waals surface area contributed by atoms with Gasteiger partial charge in [-0.3, -0.25) is 0 Å². The minimum atomic E-state index is -3.39. The lowest BCUT2D eigenvalue weighted by Gasteiger charge is -2.20. The molecule has 23 heavy (non-hydrogen) atoms. The highest BCUT2D eigenvalue weighted by Gasteiger charge is 2.17. The average molecular weight is 336 g/mol. The zero-order valence-electron chi connectivity index (χ0n) is 14.2. The number of rotatable bonds is 6. The summed E-state index contributed by atoms with van der Waals surface area (Å²) in [7, 11) is -1.99. The second-order valence-electron chi connectivity index (χ2n) is 5.76. The van der Waals surface area contributed by atoms with Gasteiger partial charge in [-0.05, 0) is 58.5 Å². The maximum absolute atomic E-state index is 11.7. The summed E-state index contributed by atoms with van der Waals surface area (Å²) in [5.41, 5.74) is 2.17. The number of benzene rings is 1. The predicted molar refractivity (Wildman–Crippen MR) is 90.8 cm³/mol. The van der Waals surface area contributed by atoms with Crippen molar-refractivity contribution in [2.24, 2.45) is 0 Å². The lowest BCUT2D eigenvalue weighted by molar-refractivity contribution is 0.469. The predicted octanol–water partition coefficient (Wildman–Crippen LogP) is 3.22. The molecule has 0 saturated heterocycles. The third kappa shape index (κ3) is 4.02. The van der Waals surface area contributed by atoms with Crippen molar-refractivity contribution in [1.82, 2.24) is 10.0 Å². The first-order chi connectivity index (χ1) is 10.7. The maximum Gasteiger partial charge on any atom is 0.240 e. The van der Waals surface area contributed by atoms with E-state index in [4.69, 9.17) is 4.42 Å². The molecule has 1 aromatic heterocycles. The first-order valence-electron chi connectivity index (χ1n) is 7.61. The van der Waals surface area contributed by atoms with Crippen molar-refractivity contribution in [3.63, 3.8) is 0 Å². The molecule has 6 heteroatoms. The SMILES string of the molecule is CNS(=O)(=O)c1ccc([C@@H](C)N[C@H](C)c2cc(C)oc2C)cc1. The Kier molecular flexibility index (Phi) is 5.29. The van der Waals surface area contributed by atoms with Gasteiger partial charge in [0.15, 0.2) is 0 Å². The Hall–Kier alpha value is -1.63. The summed E-state index contributed by atoms with van der Waals surface area (Å²) in [6.07, 6.45) is 0. The first-order valence-corrected chi connectivity index (χ1v) is 9.09. The molecule has 0 radical (unpaired) electrons. The van der Waals surface area contributed by atoms with Crippen LogP contribution in [0.25, 0.3) is 0 Å². The number of hydrogen-bond donors (Lipinski definition) is 2. The Balaban J connectivity index is 2.12. The molecule has 2 N–H and O–H groups in total. The van der Waals surface area contributed by atoms with Gasteiger partial charge in [-0.25, -0.2) is 13.1 Å². The number of aryl methyl sites for hydroxylation is 2. The minimum Gasteiger partial charge on any atom is -0.466 e. The second kappa shape index (κ2) is 6.86. The van der Waals surface area contributed by atoms with Crippen LogP contribution in [0.3, 0.4) is 0 Å². The van der Waals surface area contributed by atoms with E-state index in [-0.39, 0.29) is 17.0 Å². The van der Waals surface area contributed by atoms with Gasteiger partial charge in [0.1, 0.15) is 11.5 Å². The lowest BCUT2D eigenvalue weighted by atomic mass is 10.0. The van der Waals surface area contributed by atoms with Crippen LogP contribution in [-0.2, 0) is 10.0 Å². The molecule has 0 saturated carbocycles. The van der Waals surface area contributed by atoms with Crippen molar-refractivity contribution in [3.8, 4) is 0 Å². The highest BCUT2D eigenvalue weighted by Crippen LogP contribution is 2.25. The van der Waals surface area contributed by atoms with Crippen molar-refractivity contribution in [1.29, 1.82) is 0 Å². The molecular weight excluding hydrogens is 312 g/mol. The molecule has 0 bridgehead atoms. The van der Waals surface area contributed by atoms with Gasteiger partial charge in [0.2, 0.25) is 10.0 Å². The molecule has 126 valence electrons. The van der Waals surface area contributed by atoms with E-state index in [9.17, 15) is 8.42 Å². The highest BCUT2D eigenvalue weighted by atomic mass is 32.2. The number of hydrogen-bond acceptors (Lipinski definition) is 4. The van der Waals surface area contributed by atoms with Crippen molar-refractivity contribution < 1.29 is 12.8 Å². The monoisotopic (exact) mass is 336 g/mol. The molecule has 0 amide bonds. The fourth-order valence-corrected chi connectivity index (χ4v) is 3.42. The largest absolute Gasteiger partial charge is 0.466 e. The van der Waals surface area contributed by atoms with Gasteiger partial charge in [0.25, 0.3) is 0 Å². The Morgan fingerprint density at radius 2 is 1.65 bits per heavy atom. The molecule has 0 spiro atoms. The summed E-state index contributed by atoms with van der Waals surface area (Å²) in [5, 5.41) is 3.51. The van der Waals surface area contributed by atoms with E-state index in [1.54, 1.807) is 12.1 Å². The van der Waals surface area contributed by atoms with Crippen LogP contribution in [0.5, 0.6) is 0 Å². The summed E-state index contributed by atoms with van der Waals surface area (Å²) >= 11 is 0. The zero-order chi connectivity index (χ0) is 17.2. The second-order valence-corrected chi connectivity index (χ2v) is 7.64. The Labute approximate surface area is 138 Å². The standard InChI is InChI=1S/C17H24N2O3S/c1-11-10-17(14(4)22-11)13(3)19-12(2)15-6-8-16(9-7-15)23(20,21)18-5/h6-10,12-13,18-19H,1-5H3/t12-,13-/m1/s1. The molecule has 2 atom stereocenters. The molecule has 1 heterocycles. The number of furan rings is 1. The molecule has 0 unspecified atom stereocenters. The third-order valence-corrected chi connectivity index (χ3v) is 5.44. The van der Waals surface area contributed by atoms with E-state index < -0.39 is 10.0 Å². The van der Waals surface area contributed by atoms with Crippen LogP contribution in [0.2, 0.25) is 0 Å². The van der Waals surface area contributed by atoms with Crippen molar-refractivity contribution in [2.75, 3.05) is 7.05 Å². The van der Waals surface area contributed by atoms with Gasteiger partial charge in [-0.1, -0.05) is 12.1 Å². The van der Waals surface area contributed by atoms with E-state index in [0.29, 0.717) is 0 Å². The lowest BCUT2D eigenvalue weighted by Crippen LogP contribution is -2.23. The van der Waals surface area contributed by atoms with Gasteiger partial charge in [-0.2, -0.15) is 0 Å². The van der Waals surface area contributed by atoms with Gasteiger partial charge >= 0.3 is 0 Å². The van der Waals surface area contributed by atoms with E-state index >= 15 is 0 Å². The maximum atomic E-state index is 11.7. The van der Waals surface area contributed by atoms with Crippen LogP contribution in [0.15, 0.2) is 39.6 Å². The van der Waals surface area contributed by atoms with Crippen LogP contribution >= 0.6 is 0 Å². The number of nitrogens with one attached hydrogen (secondary N) is 2. The normalized spacial score (nSPS) is 14.7. The van der Waals surface area contributed by atoms with Crippen molar-refractivity contribution in [2.45, 2.75) is 44.7 Å². The molecule has 0 aliphatic carbocycles. The Morgan fingerprint density at radius 3 is 2.13 bits per heavy atom. The van der Waals surface area contributed by atoms with Gasteiger partial charge in [0, 0.05) is 17.6 Å².